The molecule has 0 aliphatic carbocycles. The van der Waals surface area contributed by atoms with Crippen LogP contribution in [0.1, 0.15) is 174 Å². The van der Waals surface area contributed by atoms with Gasteiger partial charge in [-0.1, -0.05) is 135 Å². The third kappa shape index (κ3) is 37.9. The lowest BCUT2D eigenvalue weighted by Gasteiger charge is -2.24. The SMILES string of the molecule is CCCCCCCC/C=C\CCCCCC/C=C\OC[C@H](COP(=O)(O)OCC[N+](C)(C)C)OC(=O)CCCCCCCCCCCCC. The zero-order valence-corrected chi connectivity index (χ0v) is 33.6. The number of unbranched alkanes of at least 4 members (excludes halogenated alkanes) is 21. The van der Waals surface area contributed by atoms with Crippen molar-refractivity contribution in [3.05, 3.63) is 24.5 Å². The first-order chi connectivity index (χ1) is 23.6. The van der Waals surface area contributed by atoms with E-state index >= 15 is 0 Å². The molecule has 0 heterocycles. The number of hydrogen-bond acceptors (Lipinski definition) is 6. The second-order valence-electron chi connectivity index (χ2n) is 14.7. The monoisotopic (exact) mass is 717 g/mol. The maximum Gasteiger partial charge on any atom is 0.472 e. The first-order valence-electron chi connectivity index (χ1n) is 20.1. The van der Waals surface area contributed by atoms with E-state index in [4.69, 9.17) is 18.5 Å². The van der Waals surface area contributed by atoms with Crippen molar-refractivity contribution < 1.29 is 37.3 Å². The minimum Gasteiger partial charge on any atom is -0.498 e. The van der Waals surface area contributed by atoms with Crippen molar-refractivity contribution in [1.29, 1.82) is 0 Å². The van der Waals surface area contributed by atoms with Gasteiger partial charge in [-0.3, -0.25) is 13.8 Å². The minimum atomic E-state index is -4.28. The molecule has 1 unspecified atom stereocenters. The van der Waals surface area contributed by atoms with Crippen LogP contribution in [0.3, 0.4) is 0 Å². The molecular weight excluding hydrogens is 637 g/mol. The second-order valence-corrected chi connectivity index (χ2v) is 16.2. The van der Waals surface area contributed by atoms with Crippen molar-refractivity contribution in [3.63, 3.8) is 0 Å². The highest BCUT2D eigenvalue weighted by molar-refractivity contribution is 7.47. The molecule has 0 saturated heterocycles. The number of allylic oxidation sites excluding steroid dienone is 3. The first kappa shape index (κ1) is 47.8. The van der Waals surface area contributed by atoms with Crippen LogP contribution in [0.15, 0.2) is 24.5 Å². The molecule has 2 atom stereocenters. The van der Waals surface area contributed by atoms with Crippen LogP contribution in [0.4, 0.5) is 0 Å². The largest absolute Gasteiger partial charge is 0.498 e. The van der Waals surface area contributed by atoms with Crippen LogP contribution in [0, 0.1) is 0 Å². The standard InChI is InChI=1S/C40H78NO7P/c1-6-8-10-12-14-16-18-19-20-21-22-24-26-28-30-32-35-45-37-39(38-47-49(43,44)46-36-34-41(3,4)5)48-40(42)33-31-29-27-25-23-17-15-13-11-9-7-2/h19-20,32,35,39H,6-18,21-31,33-34,36-38H2,1-5H3/p+1/b20-19-,35-32-/t39-/m1/s1. The number of phosphoric acid groups is 1. The van der Waals surface area contributed by atoms with Crippen molar-refractivity contribution in [1.82, 2.24) is 0 Å². The van der Waals surface area contributed by atoms with E-state index < -0.39 is 13.9 Å². The highest BCUT2D eigenvalue weighted by atomic mass is 31.2. The molecule has 1 N–H and O–H groups in total. The van der Waals surface area contributed by atoms with E-state index in [1.54, 1.807) is 6.26 Å². The molecule has 0 spiro atoms. The van der Waals surface area contributed by atoms with E-state index in [1.165, 1.54) is 116 Å². The highest BCUT2D eigenvalue weighted by Gasteiger charge is 2.26. The predicted molar refractivity (Wildman–Crippen MR) is 206 cm³/mol. The van der Waals surface area contributed by atoms with E-state index in [0.717, 1.165) is 38.5 Å². The topological polar surface area (TPSA) is 91.3 Å². The fourth-order valence-electron chi connectivity index (χ4n) is 5.39. The molecule has 0 aromatic rings. The molecule has 0 aromatic heterocycles. The maximum atomic E-state index is 12.6. The number of carbonyl (C=O) groups excluding carboxylic acids is 1. The lowest BCUT2D eigenvalue weighted by molar-refractivity contribution is -0.870. The van der Waals surface area contributed by atoms with Gasteiger partial charge in [0.15, 0.2) is 6.10 Å². The number of quaternary nitrogens is 1. The Morgan fingerprint density at radius 1 is 0.633 bits per heavy atom. The summed E-state index contributed by atoms with van der Waals surface area (Å²) in [6.45, 7) is 4.91. The molecular formula is C40H79NO7P+. The molecule has 290 valence electrons. The molecule has 0 aromatic carbocycles. The molecule has 0 fully saturated rings. The normalized spacial score (nSPS) is 14.1. The van der Waals surface area contributed by atoms with Crippen molar-refractivity contribution in [2.75, 3.05) is 47.5 Å². The highest BCUT2D eigenvalue weighted by Crippen LogP contribution is 2.43. The average Bonchev–Trinajstić information content (AvgIpc) is 3.04. The van der Waals surface area contributed by atoms with E-state index in [-0.39, 0.29) is 25.8 Å². The number of phosphoric ester groups is 1. The number of carbonyl (C=O) groups is 1. The maximum absolute atomic E-state index is 12.6. The summed E-state index contributed by atoms with van der Waals surface area (Å²) in [6, 6.07) is 0. The number of esters is 1. The van der Waals surface area contributed by atoms with E-state index in [1.807, 2.05) is 27.2 Å². The Bertz CT molecular complexity index is 843. The Balaban J connectivity index is 4.33. The van der Waals surface area contributed by atoms with Crippen molar-refractivity contribution in [2.45, 2.75) is 180 Å². The summed E-state index contributed by atoms with van der Waals surface area (Å²) < 4.78 is 34.6. The predicted octanol–water partition coefficient (Wildman–Crippen LogP) is 11.6. The summed E-state index contributed by atoms with van der Waals surface area (Å²) >= 11 is 0. The van der Waals surface area contributed by atoms with Crippen LogP contribution in [0.5, 0.6) is 0 Å². The molecule has 0 saturated carbocycles. The molecule has 8 nitrogen and oxygen atoms in total. The smallest absolute Gasteiger partial charge is 0.472 e. The Morgan fingerprint density at radius 3 is 1.57 bits per heavy atom. The Morgan fingerprint density at radius 2 is 1.08 bits per heavy atom. The zero-order valence-electron chi connectivity index (χ0n) is 32.7. The molecule has 9 heteroatoms. The summed E-state index contributed by atoms with van der Waals surface area (Å²) in [5, 5.41) is 0. The molecule has 0 amide bonds. The zero-order chi connectivity index (χ0) is 36.3. The molecule has 49 heavy (non-hydrogen) atoms. The summed E-state index contributed by atoms with van der Waals surface area (Å²) in [5.41, 5.74) is 0. The van der Waals surface area contributed by atoms with Crippen LogP contribution in [0.2, 0.25) is 0 Å². The molecule has 0 radical (unpaired) electrons. The fourth-order valence-corrected chi connectivity index (χ4v) is 6.14. The minimum absolute atomic E-state index is 0.0461. The van der Waals surface area contributed by atoms with Gasteiger partial charge in [-0.15, -0.1) is 0 Å². The van der Waals surface area contributed by atoms with Gasteiger partial charge >= 0.3 is 13.8 Å². The van der Waals surface area contributed by atoms with E-state index in [9.17, 15) is 14.3 Å². The average molecular weight is 717 g/mol. The van der Waals surface area contributed by atoms with Crippen molar-refractivity contribution in [3.8, 4) is 0 Å². The van der Waals surface area contributed by atoms with Gasteiger partial charge in [-0.2, -0.15) is 0 Å². The Labute approximate surface area is 303 Å². The van der Waals surface area contributed by atoms with Crippen LogP contribution in [0.25, 0.3) is 0 Å². The molecule has 0 bridgehead atoms. The lowest BCUT2D eigenvalue weighted by Crippen LogP contribution is -2.37. The van der Waals surface area contributed by atoms with Gasteiger partial charge in [0.05, 0.1) is 34.0 Å². The van der Waals surface area contributed by atoms with E-state index in [0.29, 0.717) is 17.4 Å². The van der Waals surface area contributed by atoms with Crippen LogP contribution in [-0.2, 0) is 27.9 Å². The number of likely N-dealkylation sites (N-methyl/N-ethyl adjacent to an activating group) is 1. The van der Waals surface area contributed by atoms with Crippen molar-refractivity contribution in [2.24, 2.45) is 0 Å². The van der Waals surface area contributed by atoms with Crippen LogP contribution >= 0.6 is 7.82 Å². The first-order valence-corrected chi connectivity index (χ1v) is 21.6. The third-order valence-electron chi connectivity index (χ3n) is 8.58. The summed E-state index contributed by atoms with van der Waals surface area (Å²) in [5.74, 6) is -0.340. The second kappa shape index (κ2) is 33.9. The molecule has 0 rings (SSSR count). The van der Waals surface area contributed by atoms with Gasteiger partial charge in [-0.05, 0) is 51.0 Å². The van der Waals surface area contributed by atoms with Crippen LogP contribution < -0.4 is 0 Å². The lowest BCUT2D eigenvalue weighted by atomic mass is 10.1. The molecule has 0 aliphatic rings. The summed E-state index contributed by atoms with van der Waals surface area (Å²) in [6.07, 6.45) is 37.3. The van der Waals surface area contributed by atoms with E-state index in [2.05, 4.69) is 26.0 Å². The van der Waals surface area contributed by atoms with Gasteiger partial charge in [0.1, 0.15) is 19.8 Å². The number of nitrogens with zero attached hydrogens (tertiary/aromatic N) is 1. The Kier molecular flexibility index (Phi) is 33.1. The Hall–Kier alpha value is -1.18. The number of hydrogen-bond donors (Lipinski definition) is 1. The van der Waals surface area contributed by atoms with Crippen LogP contribution in [-0.4, -0.2) is 69.0 Å². The van der Waals surface area contributed by atoms with Gasteiger partial charge in [0, 0.05) is 6.42 Å². The summed E-state index contributed by atoms with van der Waals surface area (Å²) in [7, 11) is 1.63. The quantitative estimate of drug-likeness (QED) is 0.0171. The number of rotatable bonds is 37. The molecule has 0 aliphatic heterocycles. The third-order valence-corrected chi connectivity index (χ3v) is 9.56. The van der Waals surface area contributed by atoms with Gasteiger partial charge in [-0.25, -0.2) is 4.57 Å². The number of ether oxygens (including phenoxy) is 2. The summed E-state index contributed by atoms with van der Waals surface area (Å²) in [4.78, 5) is 22.7. The van der Waals surface area contributed by atoms with Gasteiger partial charge in [0.25, 0.3) is 0 Å². The van der Waals surface area contributed by atoms with Gasteiger partial charge in [0.2, 0.25) is 0 Å². The fraction of sp³-hybridized carbons (Fsp3) is 0.875. The van der Waals surface area contributed by atoms with Crippen molar-refractivity contribution >= 4 is 13.8 Å². The van der Waals surface area contributed by atoms with Gasteiger partial charge < -0.3 is 18.9 Å².